The fraction of sp³-hybridized carbons (Fsp3) is 0.538. The van der Waals surface area contributed by atoms with Gasteiger partial charge >= 0.3 is 0 Å². The number of ether oxygens (including phenoxy) is 1. The molecule has 0 saturated heterocycles. The predicted molar refractivity (Wildman–Crippen MR) is 62.4 cm³/mol. The van der Waals surface area contributed by atoms with Gasteiger partial charge in [-0.1, -0.05) is 17.7 Å². The Morgan fingerprint density at radius 3 is 2.20 bits per heavy atom. The standard InChI is InChI=1S/C13H20O2/c1-9-7-10(2)13(11(3)8-9)15-6-5-12(4)14/h7-8,12,14H,5-6H2,1-4H3. The molecule has 0 bridgehead atoms. The SMILES string of the molecule is Cc1cc(C)c(OCCC(C)O)c(C)c1. The Balaban J connectivity index is 2.68. The smallest absolute Gasteiger partial charge is 0.125 e. The van der Waals surface area contributed by atoms with Gasteiger partial charge in [0, 0.05) is 6.42 Å². The van der Waals surface area contributed by atoms with Crippen molar-refractivity contribution >= 4 is 0 Å². The first-order chi connectivity index (χ1) is 7.00. The maximum atomic E-state index is 9.13. The monoisotopic (exact) mass is 208 g/mol. The summed E-state index contributed by atoms with van der Waals surface area (Å²) in [5.74, 6) is 0.959. The van der Waals surface area contributed by atoms with Crippen molar-refractivity contribution in [1.29, 1.82) is 0 Å². The van der Waals surface area contributed by atoms with Gasteiger partial charge in [-0.2, -0.15) is 0 Å². The van der Waals surface area contributed by atoms with E-state index in [1.54, 1.807) is 6.92 Å². The Morgan fingerprint density at radius 2 is 1.73 bits per heavy atom. The van der Waals surface area contributed by atoms with Gasteiger partial charge in [-0.25, -0.2) is 0 Å². The van der Waals surface area contributed by atoms with Gasteiger partial charge in [0.2, 0.25) is 0 Å². The summed E-state index contributed by atoms with van der Waals surface area (Å²) in [7, 11) is 0. The lowest BCUT2D eigenvalue weighted by Crippen LogP contribution is -2.08. The molecule has 84 valence electrons. The predicted octanol–water partition coefficient (Wildman–Crippen LogP) is 2.76. The molecule has 0 aliphatic heterocycles. The van der Waals surface area contributed by atoms with Crippen LogP contribution in [0.25, 0.3) is 0 Å². The molecule has 0 fully saturated rings. The molecule has 1 rings (SSSR count). The van der Waals surface area contributed by atoms with E-state index in [2.05, 4.69) is 32.9 Å². The van der Waals surface area contributed by atoms with E-state index in [0.717, 1.165) is 16.9 Å². The quantitative estimate of drug-likeness (QED) is 0.824. The summed E-state index contributed by atoms with van der Waals surface area (Å²) in [5, 5.41) is 9.13. The van der Waals surface area contributed by atoms with E-state index in [1.165, 1.54) is 5.56 Å². The highest BCUT2D eigenvalue weighted by Crippen LogP contribution is 2.24. The molecule has 1 N–H and O–H groups in total. The number of aryl methyl sites for hydroxylation is 3. The van der Waals surface area contributed by atoms with Gasteiger partial charge in [0.1, 0.15) is 5.75 Å². The normalized spacial score (nSPS) is 12.6. The number of hydrogen-bond acceptors (Lipinski definition) is 2. The summed E-state index contributed by atoms with van der Waals surface area (Å²) >= 11 is 0. The first-order valence-corrected chi connectivity index (χ1v) is 5.39. The molecular weight excluding hydrogens is 188 g/mol. The van der Waals surface area contributed by atoms with E-state index in [-0.39, 0.29) is 6.10 Å². The summed E-state index contributed by atoms with van der Waals surface area (Å²) in [6.07, 6.45) is 0.378. The van der Waals surface area contributed by atoms with Crippen molar-refractivity contribution in [1.82, 2.24) is 0 Å². The van der Waals surface area contributed by atoms with Gasteiger partial charge < -0.3 is 9.84 Å². The minimum Gasteiger partial charge on any atom is -0.493 e. The average Bonchev–Trinajstić information content (AvgIpc) is 2.08. The summed E-state index contributed by atoms with van der Waals surface area (Å²) in [6, 6.07) is 4.23. The molecule has 0 aliphatic rings. The van der Waals surface area contributed by atoms with Crippen LogP contribution >= 0.6 is 0 Å². The van der Waals surface area contributed by atoms with Crippen LogP contribution in [0.4, 0.5) is 0 Å². The fourth-order valence-corrected chi connectivity index (χ4v) is 1.73. The molecule has 1 atom stereocenters. The van der Waals surface area contributed by atoms with Crippen LogP contribution in [0, 0.1) is 20.8 Å². The highest BCUT2D eigenvalue weighted by Gasteiger charge is 2.05. The first-order valence-electron chi connectivity index (χ1n) is 5.39. The Kier molecular flexibility index (Phi) is 4.15. The molecule has 2 nitrogen and oxygen atoms in total. The van der Waals surface area contributed by atoms with Gasteiger partial charge in [0.05, 0.1) is 12.7 Å². The van der Waals surface area contributed by atoms with E-state index in [1.807, 2.05) is 0 Å². The summed E-state index contributed by atoms with van der Waals surface area (Å²) in [5.41, 5.74) is 3.59. The van der Waals surface area contributed by atoms with Crippen LogP contribution in [-0.2, 0) is 0 Å². The van der Waals surface area contributed by atoms with Crippen molar-refractivity contribution in [2.24, 2.45) is 0 Å². The van der Waals surface area contributed by atoms with Crippen LogP contribution in [0.1, 0.15) is 30.0 Å². The molecule has 0 radical (unpaired) electrons. The van der Waals surface area contributed by atoms with E-state index >= 15 is 0 Å². The van der Waals surface area contributed by atoms with E-state index < -0.39 is 0 Å². The molecule has 0 amide bonds. The zero-order valence-electron chi connectivity index (χ0n) is 10.0. The van der Waals surface area contributed by atoms with E-state index in [9.17, 15) is 0 Å². The lowest BCUT2D eigenvalue weighted by Gasteiger charge is -2.13. The molecule has 1 aromatic rings. The van der Waals surface area contributed by atoms with Gasteiger partial charge in [-0.05, 0) is 38.8 Å². The second kappa shape index (κ2) is 5.17. The van der Waals surface area contributed by atoms with Gasteiger partial charge in [0.15, 0.2) is 0 Å². The van der Waals surface area contributed by atoms with E-state index in [0.29, 0.717) is 13.0 Å². The third kappa shape index (κ3) is 3.56. The van der Waals surface area contributed by atoms with Gasteiger partial charge in [-0.15, -0.1) is 0 Å². The number of aliphatic hydroxyl groups excluding tert-OH is 1. The van der Waals surface area contributed by atoms with Crippen LogP contribution in [0.5, 0.6) is 5.75 Å². The molecule has 1 unspecified atom stereocenters. The molecule has 0 saturated carbocycles. The van der Waals surface area contributed by atoms with Crippen molar-refractivity contribution in [3.63, 3.8) is 0 Å². The molecule has 0 aromatic heterocycles. The Labute approximate surface area is 91.9 Å². The summed E-state index contributed by atoms with van der Waals surface area (Å²) < 4.78 is 5.67. The van der Waals surface area contributed by atoms with Crippen molar-refractivity contribution in [3.8, 4) is 5.75 Å². The van der Waals surface area contributed by atoms with Crippen LogP contribution in [0.2, 0.25) is 0 Å². The lowest BCUT2D eigenvalue weighted by atomic mass is 10.1. The molecular formula is C13H20O2. The van der Waals surface area contributed by atoms with Crippen LogP contribution in [0.3, 0.4) is 0 Å². The lowest BCUT2D eigenvalue weighted by molar-refractivity contribution is 0.155. The fourth-order valence-electron chi connectivity index (χ4n) is 1.73. The second-order valence-electron chi connectivity index (χ2n) is 4.21. The summed E-state index contributed by atoms with van der Waals surface area (Å²) in [6.45, 7) is 8.54. The highest BCUT2D eigenvalue weighted by molar-refractivity contribution is 5.42. The molecule has 0 spiro atoms. The van der Waals surface area contributed by atoms with Crippen LogP contribution in [0.15, 0.2) is 12.1 Å². The van der Waals surface area contributed by atoms with E-state index in [4.69, 9.17) is 9.84 Å². The molecule has 0 heterocycles. The van der Waals surface area contributed by atoms with Crippen LogP contribution < -0.4 is 4.74 Å². The number of benzene rings is 1. The maximum Gasteiger partial charge on any atom is 0.125 e. The topological polar surface area (TPSA) is 29.5 Å². The molecule has 15 heavy (non-hydrogen) atoms. The molecule has 2 heteroatoms. The zero-order chi connectivity index (χ0) is 11.4. The minimum atomic E-state index is -0.295. The second-order valence-corrected chi connectivity index (χ2v) is 4.21. The van der Waals surface area contributed by atoms with Crippen molar-refractivity contribution < 1.29 is 9.84 Å². The van der Waals surface area contributed by atoms with Gasteiger partial charge in [-0.3, -0.25) is 0 Å². The highest BCUT2D eigenvalue weighted by atomic mass is 16.5. The van der Waals surface area contributed by atoms with Gasteiger partial charge in [0.25, 0.3) is 0 Å². The number of aliphatic hydroxyl groups is 1. The number of hydrogen-bond donors (Lipinski definition) is 1. The maximum absolute atomic E-state index is 9.13. The minimum absolute atomic E-state index is 0.295. The largest absolute Gasteiger partial charge is 0.493 e. The zero-order valence-corrected chi connectivity index (χ0v) is 10.0. The van der Waals surface area contributed by atoms with Crippen molar-refractivity contribution in [3.05, 3.63) is 28.8 Å². The molecule has 0 aliphatic carbocycles. The van der Waals surface area contributed by atoms with Crippen molar-refractivity contribution in [2.45, 2.75) is 40.2 Å². The molecule has 1 aromatic carbocycles. The Bertz CT molecular complexity index is 306. The third-order valence-corrected chi connectivity index (χ3v) is 2.39. The first kappa shape index (κ1) is 12.1. The third-order valence-electron chi connectivity index (χ3n) is 2.39. The average molecular weight is 208 g/mol. The van der Waals surface area contributed by atoms with Crippen molar-refractivity contribution in [2.75, 3.05) is 6.61 Å². The summed E-state index contributed by atoms with van der Waals surface area (Å²) in [4.78, 5) is 0. The number of rotatable bonds is 4. The Morgan fingerprint density at radius 1 is 1.20 bits per heavy atom. The Hall–Kier alpha value is -1.02. The van der Waals surface area contributed by atoms with Crippen LogP contribution in [-0.4, -0.2) is 17.8 Å².